The Bertz CT molecular complexity index is 1120. The van der Waals surface area contributed by atoms with E-state index in [0.29, 0.717) is 5.17 Å². The third-order valence-corrected chi connectivity index (χ3v) is 8.37. The number of sulfone groups is 1. The van der Waals surface area contributed by atoms with Gasteiger partial charge >= 0.3 is 0 Å². The van der Waals surface area contributed by atoms with E-state index in [9.17, 15) is 13.2 Å². The zero-order chi connectivity index (χ0) is 21.5. The number of halogens is 1. The van der Waals surface area contributed by atoms with Crippen LogP contribution < -0.4 is 10.2 Å². The second-order valence-corrected chi connectivity index (χ2v) is 11.6. The highest BCUT2D eigenvalue weighted by Gasteiger charge is 2.47. The van der Waals surface area contributed by atoms with Crippen molar-refractivity contribution in [3.8, 4) is 0 Å². The number of carbonyl (C=O) groups is 1. The van der Waals surface area contributed by atoms with Crippen molar-refractivity contribution in [3.63, 3.8) is 0 Å². The number of thioether (sulfide) groups is 1. The fourth-order valence-electron chi connectivity index (χ4n) is 3.85. The summed E-state index contributed by atoms with van der Waals surface area (Å²) in [6.07, 6.45) is 0. The van der Waals surface area contributed by atoms with E-state index in [1.54, 1.807) is 0 Å². The van der Waals surface area contributed by atoms with Crippen molar-refractivity contribution in [1.82, 2.24) is 0 Å². The van der Waals surface area contributed by atoms with Crippen molar-refractivity contribution in [2.75, 3.05) is 27.5 Å². The number of hydrogen-bond donors (Lipinski definition) is 1. The van der Waals surface area contributed by atoms with Gasteiger partial charge in [0, 0.05) is 15.8 Å². The average Bonchev–Trinajstić information content (AvgIpc) is 3.13. The zero-order valence-electron chi connectivity index (χ0n) is 16.6. The van der Waals surface area contributed by atoms with Crippen LogP contribution >= 0.6 is 27.7 Å². The van der Waals surface area contributed by atoms with Crippen LogP contribution in [0.15, 0.2) is 51.9 Å². The minimum absolute atomic E-state index is 0.0637. The predicted octanol–water partition coefficient (Wildman–Crippen LogP) is 3.78. The van der Waals surface area contributed by atoms with Gasteiger partial charge in [0.25, 0.3) is 0 Å². The summed E-state index contributed by atoms with van der Waals surface area (Å²) >= 11 is 4.72. The molecule has 0 radical (unpaired) electrons. The van der Waals surface area contributed by atoms with E-state index < -0.39 is 9.84 Å². The Morgan fingerprint density at radius 1 is 1.20 bits per heavy atom. The van der Waals surface area contributed by atoms with Gasteiger partial charge in [-0.2, -0.15) is 0 Å². The molecule has 1 fully saturated rings. The van der Waals surface area contributed by atoms with Gasteiger partial charge < -0.3 is 10.2 Å². The molecule has 0 unspecified atom stereocenters. The summed E-state index contributed by atoms with van der Waals surface area (Å²) in [4.78, 5) is 19.2. The number of aliphatic imine (C=N–C) groups is 1. The molecule has 1 N–H and O–H groups in total. The van der Waals surface area contributed by atoms with Gasteiger partial charge in [-0.05, 0) is 49.7 Å². The first kappa shape index (κ1) is 21.4. The molecule has 4 rings (SSSR count). The first-order valence-corrected chi connectivity index (χ1v) is 13.1. The maximum Gasteiger partial charge on any atom is 0.234 e. The Morgan fingerprint density at radius 2 is 1.93 bits per heavy atom. The molecule has 0 aliphatic carbocycles. The molecule has 6 nitrogen and oxygen atoms in total. The van der Waals surface area contributed by atoms with Gasteiger partial charge in [0.2, 0.25) is 5.91 Å². The van der Waals surface area contributed by atoms with E-state index in [-0.39, 0.29) is 35.2 Å². The van der Waals surface area contributed by atoms with Gasteiger partial charge in [-0.25, -0.2) is 8.42 Å². The lowest BCUT2D eigenvalue weighted by atomic mass is 10.1. The molecule has 2 aromatic carbocycles. The minimum atomic E-state index is -3.11. The number of hydrogen-bond acceptors (Lipinski definition) is 6. The molecule has 30 heavy (non-hydrogen) atoms. The van der Waals surface area contributed by atoms with Crippen LogP contribution in [0.5, 0.6) is 0 Å². The second-order valence-electron chi connectivity index (χ2n) is 7.63. The van der Waals surface area contributed by atoms with Crippen LogP contribution in [0.1, 0.15) is 11.1 Å². The summed E-state index contributed by atoms with van der Waals surface area (Å²) in [5.41, 5.74) is 3.88. The molecule has 1 saturated heterocycles. The average molecular weight is 508 g/mol. The monoisotopic (exact) mass is 507 g/mol. The number of carbonyl (C=O) groups excluding carboxylic acids is 1. The molecule has 2 aromatic rings. The number of amides is 1. The van der Waals surface area contributed by atoms with E-state index in [2.05, 4.69) is 27.3 Å². The van der Waals surface area contributed by atoms with Gasteiger partial charge in [0.1, 0.15) is 0 Å². The van der Waals surface area contributed by atoms with Gasteiger partial charge in [0.05, 0.1) is 29.3 Å². The van der Waals surface area contributed by atoms with Gasteiger partial charge in [-0.3, -0.25) is 9.79 Å². The van der Waals surface area contributed by atoms with E-state index >= 15 is 0 Å². The quantitative estimate of drug-likeness (QED) is 0.680. The molecule has 9 heteroatoms. The standard InChI is InChI=1S/C21H22BrN3O3S2/c1-13-3-8-18(14(2)9-13)25-19-12-30(27,28)11-17(19)24-21(25)29-10-20(26)23-16-6-4-15(22)5-7-16/h3-9,17,19H,10-12H2,1-2H3,(H,23,26)/t17-,19+/m1/s1. The van der Waals surface area contributed by atoms with Crippen LogP contribution in [0, 0.1) is 13.8 Å². The maximum atomic E-state index is 12.4. The van der Waals surface area contributed by atoms with Crippen molar-refractivity contribution < 1.29 is 13.2 Å². The summed E-state index contributed by atoms with van der Waals surface area (Å²) in [5, 5.41) is 3.59. The Hall–Kier alpha value is -1.84. The molecule has 2 aliphatic heterocycles. The first-order valence-electron chi connectivity index (χ1n) is 9.55. The normalized spacial score (nSPS) is 22.0. The number of nitrogens with one attached hydrogen (secondary N) is 1. The molecule has 158 valence electrons. The third kappa shape index (κ3) is 4.58. The zero-order valence-corrected chi connectivity index (χ0v) is 19.9. The molecular formula is C21H22BrN3O3S2. The fourth-order valence-corrected chi connectivity index (χ4v) is 6.88. The number of fused-ring (bicyclic) bond motifs is 1. The van der Waals surface area contributed by atoms with Crippen LogP contribution in [0.3, 0.4) is 0 Å². The van der Waals surface area contributed by atoms with Gasteiger partial charge in [0.15, 0.2) is 15.0 Å². The van der Waals surface area contributed by atoms with Gasteiger partial charge in [-0.1, -0.05) is 45.4 Å². The topological polar surface area (TPSA) is 78.8 Å². The predicted molar refractivity (Wildman–Crippen MR) is 127 cm³/mol. The number of rotatable bonds is 4. The third-order valence-electron chi connectivity index (χ3n) is 5.18. The Balaban J connectivity index is 1.52. The SMILES string of the molecule is Cc1ccc(N2C(SCC(=O)Nc3ccc(Br)cc3)=N[C@@H]3CS(=O)(=O)C[C@@H]32)c(C)c1. The van der Waals surface area contributed by atoms with Crippen LogP contribution in [0.2, 0.25) is 0 Å². The molecule has 0 bridgehead atoms. The highest BCUT2D eigenvalue weighted by molar-refractivity contribution is 9.10. The molecule has 0 saturated carbocycles. The van der Waals surface area contributed by atoms with E-state index in [1.807, 2.05) is 55.1 Å². The molecule has 2 atom stereocenters. The fraction of sp³-hybridized carbons (Fsp3) is 0.333. The molecular weight excluding hydrogens is 486 g/mol. The van der Waals surface area contributed by atoms with Crippen molar-refractivity contribution in [1.29, 1.82) is 0 Å². The summed E-state index contributed by atoms with van der Waals surface area (Å²) in [6.45, 7) is 4.04. The lowest BCUT2D eigenvalue weighted by Gasteiger charge is -2.28. The summed E-state index contributed by atoms with van der Waals surface area (Å²) in [6, 6.07) is 13.0. The summed E-state index contributed by atoms with van der Waals surface area (Å²) in [7, 11) is -3.11. The molecule has 0 spiro atoms. The maximum absolute atomic E-state index is 12.4. The summed E-state index contributed by atoms with van der Waals surface area (Å²) < 4.78 is 25.3. The number of aryl methyl sites for hydroxylation is 2. The largest absolute Gasteiger partial charge is 0.325 e. The highest BCUT2D eigenvalue weighted by atomic mass is 79.9. The molecule has 1 amide bonds. The van der Waals surface area contributed by atoms with Crippen LogP contribution in [0.25, 0.3) is 0 Å². The van der Waals surface area contributed by atoms with Crippen LogP contribution in [-0.2, 0) is 14.6 Å². The number of anilines is 2. The number of benzene rings is 2. The molecule has 0 aromatic heterocycles. The Kier molecular flexibility index (Phi) is 5.96. The lowest BCUT2D eigenvalue weighted by molar-refractivity contribution is -0.113. The molecule has 2 heterocycles. The minimum Gasteiger partial charge on any atom is -0.325 e. The Labute approximate surface area is 189 Å². The van der Waals surface area contributed by atoms with Crippen LogP contribution in [0.4, 0.5) is 11.4 Å². The smallest absolute Gasteiger partial charge is 0.234 e. The van der Waals surface area contributed by atoms with Gasteiger partial charge in [-0.15, -0.1) is 0 Å². The van der Waals surface area contributed by atoms with Crippen molar-refractivity contribution >= 4 is 60.0 Å². The van der Waals surface area contributed by atoms with E-state index in [0.717, 1.165) is 27.0 Å². The van der Waals surface area contributed by atoms with Crippen molar-refractivity contribution in [3.05, 3.63) is 58.1 Å². The second kappa shape index (κ2) is 8.36. The number of nitrogens with zero attached hydrogens (tertiary/aromatic N) is 2. The van der Waals surface area contributed by atoms with E-state index in [1.165, 1.54) is 11.8 Å². The lowest BCUT2D eigenvalue weighted by Crippen LogP contribution is -2.39. The molecule has 2 aliphatic rings. The van der Waals surface area contributed by atoms with Crippen molar-refractivity contribution in [2.45, 2.75) is 25.9 Å². The van der Waals surface area contributed by atoms with Crippen molar-refractivity contribution in [2.24, 2.45) is 4.99 Å². The summed E-state index contributed by atoms with van der Waals surface area (Å²) in [5.74, 6) is 0.218. The number of amidine groups is 1. The first-order chi connectivity index (χ1) is 14.2. The van der Waals surface area contributed by atoms with E-state index in [4.69, 9.17) is 4.99 Å². The Morgan fingerprint density at radius 3 is 2.63 bits per heavy atom. The van der Waals surface area contributed by atoms with Crippen LogP contribution in [-0.4, -0.2) is 48.8 Å². The highest BCUT2D eigenvalue weighted by Crippen LogP contribution is 2.36.